The first-order valence-electron chi connectivity index (χ1n) is 6.34. The van der Waals surface area contributed by atoms with Crippen LogP contribution < -0.4 is 10.6 Å². The monoisotopic (exact) mass is 246 g/mol. The molecule has 3 heteroatoms. The molecule has 0 bridgehead atoms. The Morgan fingerprint density at radius 2 is 1.94 bits per heavy atom. The molecule has 1 aliphatic rings. The Hall–Kier alpha value is -1.06. The molecule has 17 heavy (non-hydrogen) atoms. The zero-order chi connectivity index (χ0) is 11.7. The molecule has 0 amide bonds. The number of nitrogens with zero attached hydrogens (tertiary/aromatic N) is 1. The van der Waals surface area contributed by atoms with E-state index in [9.17, 15) is 0 Å². The molecule has 1 saturated heterocycles. The topological polar surface area (TPSA) is 29.3 Å². The van der Waals surface area contributed by atoms with Crippen LogP contribution in [0.5, 0.6) is 0 Å². The third-order valence-corrected chi connectivity index (χ3v) is 4.46. The van der Waals surface area contributed by atoms with E-state index in [-0.39, 0.29) is 0 Å². The number of anilines is 1. The highest BCUT2D eigenvalue weighted by Gasteiger charge is 2.17. The molecule has 3 rings (SSSR count). The van der Waals surface area contributed by atoms with Crippen molar-refractivity contribution in [1.29, 1.82) is 0 Å². The van der Waals surface area contributed by atoms with E-state index in [1.807, 2.05) is 11.3 Å². The highest BCUT2D eigenvalue weighted by Crippen LogP contribution is 2.35. The molecule has 1 aliphatic heterocycles. The van der Waals surface area contributed by atoms with E-state index >= 15 is 0 Å². The maximum absolute atomic E-state index is 5.89. The summed E-state index contributed by atoms with van der Waals surface area (Å²) in [4.78, 5) is 2.53. The smallest absolute Gasteiger partial charge is 0.0499 e. The quantitative estimate of drug-likeness (QED) is 0.880. The van der Waals surface area contributed by atoms with Crippen LogP contribution in [-0.2, 0) is 6.54 Å². The van der Waals surface area contributed by atoms with Crippen LogP contribution in [0.4, 0.5) is 5.69 Å². The van der Waals surface area contributed by atoms with Gasteiger partial charge in [0.25, 0.3) is 0 Å². The number of thiophene rings is 1. The molecule has 0 atom stereocenters. The summed E-state index contributed by atoms with van der Waals surface area (Å²) in [5, 5.41) is 3.57. The summed E-state index contributed by atoms with van der Waals surface area (Å²) in [6.07, 6.45) is 3.99. The zero-order valence-corrected chi connectivity index (χ0v) is 10.8. The van der Waals surface area contributed by atoms with E-state index in [1.165, 1.54) is 53.7 Å². The third kappa shape index (κ3) is 1.94. The predicted octanol–water partition coefficient (Wildman–Crippen LogP) is 3.35. The maximum atomic E-state index is 5.89. The van der Waals surface area contributed by atoms with E-state index in [1.54, 1.807) is 0 Å². The number of rotatable bonds is 2. The molecule has 0 saturated carbocycles. The Bertz CT molecular complexity index is 512. The van der Waals surface area contributed by atoms with Gasteiger partial charge >= 0.3 is 0 Å². The molecule has 1 fully saturated rings. The van der Waals surface area contributed by atoms with Gasteiger partial charge in [-0.3, -0.25) is 0 Å². The van der Waals surface area contributed by atoms with Crippen molar-refractivity contribution in [3.63, 3.8) is 0 Å². The lowest BCUT2D eigenvalue weighted by Gasteiger charge is -2.31. The van der Waals surface area contributed by atoms with Crippen molar-refractivity contribution in [2.24, 2.45) is 5.73 Å². The maximum Gasteiger partial charge on any atom is 0.0499 e. The summed E-state index contributed by atoms with van der Waals surface area (Å²) < 4.78 is 1.38. The minimum Gasteiger partial charge on any atom is -0.371 e. The fourth-order valence-electron chi connectivity index (χ4n) is 2.73. The van der Waals surface area contributed by atoms with Crippen LogP contribution in [0.15, 0.2) is 23.6 Å². The first kappa shape index (κ1) is 11.1. The number of benzene rings is 1. The van der Waals surface area contributed by atoms with Gasteiger partial charge < -0.3 is 10.6 Å². The van der Waals surface area contributed by atoms with Crippen LogP contribution in [-0.4, -0.2) is 13.1 Å². The molecule has 1 aromatic carbocycles. The van der Waals surface area contributed by atoms with Crippen molar-refractivity contribution in [1.82, 2.24) is 0 Å². The molecule has 2 aromatic rings. The van der Waals surface area contributed by atoms with Crippen LogP contribution in [0, 0.1) is 0 Å². The molecule has 2 nitrogen and oxygen atoms in total. The van der Waals surface area contributed by atoms with Gasteiger partial charge in [0.2, 0.25) is 0 Å². The Morgan fingerprint density at radius 3 is 2.71 bits per heavy atom. The van der Waals surface area contributed by atoms with Gasteiger partial charge in [0.1, 0.15) is 0 Å². The molecule has 2 N–H and O–H groups in total. The fourth-order valence-corrected chi connectivity index (χ4v) is 3.52. The van der Waals surface area contributed by atoms with E-state index in [0.29, 0.717) is 6.54 Å². The predicted molar refractivity (Wildman–Crippen MR) is 75.8 cm³/mol. The molecule has 2 heterocycles. The third-order valence-electron chi connectivity index (χ3n) is 3.58. The van der Waals surface area contributed by atoms with Crippen molar-refractivity contribution in [3.8, 4) is 0 Å². The lowest BCUT2D eigenvalue weighted by molar-refractivity contribution is 0.577. The van der Waals surface area contributed by atoms with Crippen LogP contribution in [0.1, 0.15) is 24.8 Å². The second-order valence-corrected chi connectivity index (χ2v) is 5.61. The van der Waals surface area contributed by atoms with Gasteiger partial charge in [-0.05, 0) is 42.3 Å². The van der Waals surface area contributed by atoms with Crippen molar-refractivity contribution in [2.75, 3.05) is 18.0 Å². The zero-order valence-electron chi connectivity index (χ0n) is 9.98. The average Bonchev–Trinajstić information content (AvgIpc) is 2.86. The second kappa shape index (κ2) is 4.67. The SMILES string of the molecule is NCc1ccc2sccc2c1N1CCCCC1. The number of hydrogen-bond donors (Lipinski definition) is 1. The van der Waals surface area contributed by atoms with E-state index < -0.39 is 0 Å². The highest BCUT2D eigenvalue weighted by atomic mass is 32.1. The number of hydrogen-bond acceptors (Lipinski definition) is 3. The highest BCUT2D eigenvalue weighted by molar-refractivity contribution is 7.17. The van der Waals surface area contributed by atoms with Gasteiger partial charge in [0, 0.05) is 35.4 Å². The summed E-state index contributed by atoms with van der Waals surface area (Å²) in [5.41, 5.74) is 8.58. The van der Waals surface area contributed by atoms with E-state index in [2.05, 4.69) is 28.5 Å². The first-order valence-corrected chi connectivity index (χ1v) is 7.22. The van der Waals surface area contributed by atoms with Crippen LogP contribution in [0.2, 0.25) is 0 Å². The first-order chi connectivity index (χ1) is 8.40. The molecule has 0 aliphatic carbocycles. The lowest BCUT2D eigenvalue weighted by Crippen LogP contribution is -2.30. The minimum absolute atomic E-state index is 0.637. The molecule has 1 aromatic heterocycles. The Morgan fingerprint density at radius 1 is 1.12 bits per heavy atom. The number of piperidine rings is 1. The second-order valence-electron chi connectivity index (χ2n) is 4.66. The molecular formula is C14H18N2S. The summed E-state index contributed by atoms with van der Waals surface area (Å²) in [5.74, 6) is 0. The van der Waals surface area contributed by atoms with Crippen molar-refractivity contribution >= 4 is 27.1 Å². The average molecular weight is 246 g/mol. The summed E-state index contributed by atoms with van der Waals surface area (Å²) in [7, 11) is 0. The summed E-state index contributed by atoms with van der Waals surface area (Å²) >= 11 is 1.82. The normalized spacial score (nSPS) is 16.6. The number of nitrogens with two attached hydrogens (primary N) is 1. The summed E-state index contributed by atoms with van der Waals surface area (Å²) in [6, 6.07) is 6.64. The molecule has 90 valence electrons. The Labute approximate surface area is 106 Å². The van der Waals surface area contributed by atoms with Crippen molar-refractivity contribution < 1.29 is 0 Å². The van der Waals surface area contributed by atoms with Gasteiger partial charge in [0.15, 0.2) is 0 Å². The lowest BCUT2D eigenvalue weighted by atomic mass is 10.0. The molecule has 0 spiro atoms. The standard InChI is InChI=1S/C14H18N2S/c15-10-11-4-5-13-12(6-9-17-13)14(11)16-7-2-1-3-8-16/h4-6,9H,1-3,7-8,10,15H2. The number of fused-ring (bicyclic) bond motifs is 1. The van der Waals surface area contributed by atoms with Crippen LogP contribution >= 0.6 is 11.3 Å². The largest absolute Gasteiger partial charge is 0.371 e. The van der Waals surface area contributed by atoms with E-state index in [0.717, 1.165) is 0 Å². The van der Waals surface area contributed by atoms with Crippen LogP contribution in [0.3, 0.4) is 0 Å². The fraction of sp³-hybridized carbons (Fsp3) is 0.429. The van der Waals surface area contributed by atoms with E-state index in [4.69, 9.17) is 5.73 Å². The van der Waals surface area contributed by atoms with Crippen molar-refractivity contribution in [2.45, 2.75) is 25.8 Å². The molecular weight excluding hydrogens is 228 g/mol. The van der Waals surface area contributed by atoms with Gasteiger partial charge in [-0.2, -0.15) is 0 Å². The Balaban J connectivity index is 2.12. The van der Waals surface area contributed by atoms with Crippen molar-refractivity contribution in [3.05, 3.63) is 29.1 Å². The summed E-state index contributed by atoms with van der Waals surface area (Å²) in [6.45, 7) is 3.00. The van der Waals surface area contributed by atoms with Gasteiger partial charge in [-0.1, -0.05) is 6.07 Å². The Kier molecular flexibility index (Phi) is 3.04. The molecule has 0 unspecified atom stereocenters. The van der Waals surface area contributed by atoms with Gasteiger partial charge in [0.05, 0.1) is 0 Å². The van der Waals surface area contributed by atoms with Gasteiger partial charge in [-0.25, -0.2) is 0 Å². The minimum atomic E-state index is 0.637. The molecule has 0 radical (unpaired) electrons. The van der Waals surface area contributed by atoms with Crippen LogP contribution in [0.25, 0.3) is 10.1 Å². The van der Waals surface area contributed by atoms with Gasteiger partial charge in [-0.15, -0.1) is 11.3 Å².